The third-order valence-corrected chi connectivity index (χ3v) is 11.0. The summed E-state index contributed by atoms with van der Waals surface area (Å²) < 4.78 is 4.12. The number of likely N-dealkylation sites (N-methyl/N-ethyl adjacent to an activating group) is 2. The first-order valence-corrected chi connectivity index (χ1v) is 15.5. The van der Waals surface area contributed by atoms with Crippen molar-refractivity contribution in [1.82, 2.24) is 9.80 Å². The van der Waals surface area contributed by atoms with Crippen molar-refractivity contribution in [3.05, 3.63) is 0 Å². The molecule has 1 aliphatic rings. The Kier molecular flexibility index (Phi) is 11.3. The Bertz CT molecular complexity index is 415. The molecule has 0 atom stereocenters. The van der Waals surface area contributed by atoms with Crippen LogP contribution < -0.4 is 0 Å². The van der Waals surface area contributed by atoms with Crippen molar-refractivity contribution in [3.8, 4) is 0 Å². The molecule has 0 bridgehead atoms. The third-order valence-electron chi connectivity index (χ3n) is 2.48. The van der Waals surface area contributed by atoms with E-state index in [0.29, 0.717) is 6.54 Å². The van der Waals surface area contributed by atoms with Crippen LogP contribution in [0.5, 0.6) is 0 Å². The summed E-state index contributed by atoms with van der Waals surface area (Å²) in [6.07, 6.45) is -0.560. The lowest BCUT2D eigenvalue weighted by Crippen LogP contribution is -2.34. The predicted octanol–water partition coefficient (Wildman–Crippen LogP) is 2.93. The molecule has 142 valence electrons. The van der Waals surface area contributed by atoms with E-state index < -0.39 is 28.2 Å². The fraction of sp³-hybridized carbons (Fsp3) is 0.812. The first-order valence-electron chi connectivity index (χ1n) is 8.13. The number of esters is 1. The molecule has 1 rings (SSSR count). The number of nitrogens with zero attached hydrogens (tertiary/aromatic N) is 2. The van der Waals surface area contributed by atoms with Crippen molar-refractivity contribution in [2.75, 3.05) is 34.2 Å². The van der Waals surface area contributed by atoms with Gasteiger partial charge in [0.05, 0.1) is 6.54 Å². The number of ketones is 1. The molecule has 0 unspecified atom stereocenters. The smallest absolute Gasteiger partial charge is 0.375 e. The molecule has 8 heteroatoms. The lowest BCUT2D eigenvalue weighted by molar-refractivity contribution is -0.132. The van der Waals surface area contributed by atoms with E-state index in [0.717, 1.165) is 0 Å². The highest BCUT2D eigenvalue weighted by molar-refractivity contribution is 6.94. The number of carbonyl (C=O) groups excluding carboxylic acids is 3. The van der Waals surface area contributed by atoms with Gasteiger partial charge >= 0.3 is 12.1 Å². The molecule has 0 aliphatic carbocycles. The van der Waals surface area contributed by atoms with Gasteiger partial charge in [0.2, 0.25) is 0 Å². The maximum absolute atomic E-state index is 10.3. The number of amides is 1. The Morgan fingerprint density at radius 3 is 1.54 bits per heavy atom. The van der Waals surface area contributed by atoms with E-state index in [1.54, 1.807) is 12.6 Å². The average molecular weight is 377 g/mol. The molecule has 1 heterocycles. The van der Waals surface area contributed by atoms with Gasteiger partial charge in [-0.2, -0.15) is 0 Å². The van der Waals surface area contributed by atoms with E-state index in [1.807, 2.05) is 19.0 Å². The van der Waals surface area contributed by atoms with Crippen LogP contribution in [0, 0.1) is 0 Å². The number of rotatable bonds is 4. The molecule has 24 heavy (non-hydrogen) atoms. The van der Waals surface area contributed by atoms with Gasteiger partial charge in [-0.05, 0) is 21.0 Å². The van der Waals surface area contributed by atoms with Crippen molar-refractivity contribution in [2.45, 2.75) is 51.9 Å². The van der Waals surface area contributed by atoms with Crippen LogP contribution >= 0.6 is 0 Å². The summed E-state index contributed by atoms with van der Waals surface area (Å²) in [7, 11) is 3.80. The van der Waals surface area contributed by atoms with Crippen molar-refractivity contribution < 1.29 is 19.1 Å². The molecular formula is C16H36N2O4Si2. The van der Waals surface area contributed by atoms with E-state index in [-0.39, 0.29) is 12.3 Å². The van der Waals surface area contributed by atoms with Crippen LogP contribution in [0.15, 0.2) is 0 Å². The summed E-state index contributed by atoms with van der Waals surface area (Å²) in [6.45, 7) is 17.0. The zero-order chi connectivity index (χ0) is 19.7. The highest BCUT2D eigenvalue weighted by Gasteiger charge is 2.25. The van der Waals surface area contributed by atoms with Gasteiger partial charge in [0.25, 0.3) is 0 Å². The lowest BCUT2D eigenvalue weighted by atomic mass is 10.4. The third kappa shape index (κ3) is 19.1. The number of carbonyl (C=O) groups is 3. The minimum Gasteiger partial charge on any atom is -0.375 e. The van der Waals surface area contributed by atoms with Gasteiger partial charge in [-0.15, -0.1) is 0 Å². The topological polar surface area (TPSA) is 66.9 Å². The Labute approximate surface area is 149 Å². The number of cyclic esters (lactones) is 2. The summed E-state index contributed by atoms with van der Waals surface area (Å²) >= 11 is 0. The number of hydrogen-bond acceptors (Lipinski definition) is 5. The highest BCUT2D eigenvalue weighted by atomic mass is 28.4. The van der Waals surface area contributed by atoms with Crippen LogP contribution in [0.2, 0.25) is 44.9 Å². The second-order valence-electron chi connectivity index (χ2n) is 8.83. The Morgan fingerprint density at radius 1 is 1.08 bits per heavy atom. The standard InChI is InChI=1S/C7H20Si2.C5H11NO.C4H5NO3/c1-8(2,3)7-9(4,5)6;1-5(7)4-6(2)3;1-5-2-3(6)8-4(5)7/h7H2,1-6H3;4H2,1-3H3;2H2,1H3. The van der Waals surface area contributed by atoms with Crippen LogP contribution in [-0.2, 0) is 14.3 Å². The molecule has 6 nitrogen and oxygen atoms in total. The molecule has 1 fully saturated rings. The summed E-state index contributed by atoms with van der Waals surface area (Å²) in [5, 5.41) is 0. The number of ether oxygens (including phenoxy) is 1. The van der Waals surface area contributed by atoms with Gasteiger partial charge in [-0.25, -0.2) is 9.59 Å². The van der Waals surface area contributed by atoms with E-state index in [1.165, 1.54) is 11.9 Å². The van der Waals surface area contributed by atoms with Crippen molar-refractivity contribution in [1.29, 1.82) is 0 Å². The second kappa shape index (κ2) is 10.8. The van der Waals surface area contributed by atoms with Gasteiger partial charge in [0.1, 0.15) is 12.3 Å². The minimum absolute atomic E-state index is 0.0822. The van der Waals surface area contributed by atoms with E-state index >= 15 is 0 Å². The number of hydrogen-bond donors (Lipinski definition) is 0. The average Bonchev–Trinajstić information content (AvgIpc) is 2.49. The molecule has 1 saturated heterocycles. The fourth-order valence-electron chi connectivity index (χ4n) is 2.50. The SMILES string of the molecule is CC(=O)CN(C)C.CN1CC(=O)OC1=O.C[Si](C)(C)C[Si](C)(C)C. The molecule has 0 aromatic heterocycles. The maximum Gasteiger partial charge on any atom is 0.417 e. The van der Waals surface area contributed by atoms with Crippen molar-refractivity contribution in [3.63, 3.8) is 0 Å². The van der Waals surface area contributed by atoms with Gasteiger partial charge in [-0.1, -0.05) is 44.9 Å². The van der Waals surface area contributed by atoms with Crippen LogP contribution in [0.25, 0.3) is 0 Å². The predicted molar refractivity (Wildman–Crippen MR) is 105 cm³/mol. The van der Waals surface area contributed by atoms with Gasteiger partial charge < -0.3 is 9.64 Å². The maximum atomic E-state index is 10.3. The van der Waals surface area contributed by atoms with Crippen LogP contribution in [0.3, 0.4) is 0 Å². The summed E-state index contributed by atoms with van der Waals surface area (Å²) in [5.41, 5.74) is 1.57. The summed E-state index contributed by atoms with van der Waals surface area (Å²) in [4.78, 5) is 33.7. The molecule has 0 spiro atoms. The van der Waals surface area contributed by atoms with E-state index in [4.69, 9.17) is 0 Å². The zero-order valence-electron chi connectivity index (χ0n) is 17.1. The Morgan fingerprint density at radius 2 is 1.50 bits per heavy atom. The summed E-state index contributed by atoms with van der Waals surface area (Å²) in [5.74, 6) is -0.262. The normalized spacial score (nSPS) is 14.5. The van der Waals surface area contributed by atoms with Crippen LogP contribution in [-0.4, -0.2) is 78.0 Å². The molecule has 0 N–H and O–H groups in total. The van der Waals surface area contributed by atoms with Crippen molar-refractivity contribution >= 4 is 34.0 Å². The molecule has 0 aromatic rings. The molecule has 0 saturated carbocycles. The Balaban J connectivity index is 0. The van der Waals surface area contributed by atoms with Crippen LogP contribution in [0.1, 0.15) is 6.92 Å². The first-order chi connectivity index (χ1) is 10.5. The fourth-order valence-corrected chi connectivity index (χ4v) is 15.2. The summed E-state index contributed by atoms with van der Waals surface area (Å²) in [6, 6.07) is 0. The van der Waals surface area contributed by atoms with Gasteiger partial charge in [0.15, 0.2) is 0 Å². The van der Waals surface area contributed by atoms with Gasteiger partial charge in [-0.3, -0.25) is 9.69 Å². The van der Waals surface area contributed by atoms with Crippen LogP contribution in [0.4, 0.5) is 4.79 Å². The molecule has 0 aromatic carbocycles. The first kappa shape index (κ1) is 25.2. The monoisotopic (exact) mass is 376 g/mol. The largest absolute Gasteiger partial charge is 0.417 e. The minimum atomic E-state index is -0.731. The van der Waals surface area contributed by atoms with E-state index in [2.05, 4.69) is 44.0 Å². The van der Waals surface area contributed by atoms with Gasteiger partial charge in [0, 0.05) is 23.2 Å². The van der Waals surface area contributed by atoms with E-state index in [9.17, 15) is 14.4 Å². The quantitative estimate of drug-likeness (QED) is 0.429. The zero-order valence-corrected chi connectivity index (χ0v) is 19.1. The molecular weight excluding hydrogens is 340 g/mol. The second-order valence-corrected chi connectivity index (χ2v) is 20.5. The molecule has 0 radical (unpaired) electrons. The molecule has 1 amide bonds. The highest BCUT2D eigenvalue weighted by Crippen LogP contribution is 2.18. The number of Topliss-reactive ketones (excluding diaryl/α,β-unsaturated/α-hetero) is 1. The lowest BCUT2D eigenvalue weighted by Gasteiger charge is -2.25. The van der Waals surface area contributed by atoms with Crippen molar-refractivity contribution in [2.24, 2.45) is 0 Å². The molecule has 1 aliphatic heterocycles. The Hall–Kier alpha value is -0.996.